The van der Waals surface area contributed by atoms with Gasteiger partial charge >= 0.3 is 6.03 Å². The molecule has 1 unspecified atom stereocenters. The van der Waals surface area contributed by atoms with Crippen LogP contribution in [0.2, 0.25) is 0 Å². The molecule has 1 heterocycles. The summed E-state index contributed by atoms with van der Waals surface area (Å²) in [5.41, 5.74) is 0. The van der Waals surface area contributed by atoms with Gasteiger partial charge in [-0.15, -0.1) is 0 Å². The third-order valence-electron chi connectivity index (χ3n) is 4.13. The lowest BCUT2D eigenvalue weighted by Crippen LogP contribution is -2.46. The van der Waals surface area contributed by atoms with E-state index in [2.05, 4.69) is 15.4 Å². The molecule has 2 aromatic rings. The molecule has 3 N–H and O–H groups in total. The molecule has 10 heteroatoms. The van der Waals surface area contributed by atoms with Crippen molar-refractivity contribution in [3.8, 4) is 17.2 Å². The number of hydrogen-bond donors (Lipinski definition) is 3. The Labute approximate surface area is 169 Å². The van der Waals surface area contributed by atoms with Crippen LogP contribution in [0.3, 0.4) is 0 Å². The maximum Gasteiger partial charge on any atom is 0.314 e. The summed E-state index contributed by atoms with van der Waals surface area (Å²) in [5.74, 6) is 1.88. The summed E-state index contributed by atoms with van der Waals surface area (Å²) in [4.78, 5) is 12.0. The Bertz CT molecular complexity index is 933. The summed E-state index contributed by atoms with van der Waals surface area (Å²) < 4.78 is 43.2. The molecule has 2 aromatic carbocycles. The minimum atomic E-state index is -3.65. The standard InChI is InChI=1S/C19H23N3O6S/c1-26-14-6-8-16(9-7-14)29(24,25)22-11-10-20-19(23)21-12-15-13-27-17-4-2-3-5-18(17)28-15/h2-9,15,22H,10-13H2,1H3,(H2,20,21,23). The number of sulfonamides is 1. The van der Waals surface area contributed by atoms with E-state index in [9.17, 15) is 13.2 Å². The number of carbonyl (C=O) groups excluding carboxylic acids is 1. The summed E-state index contributed by atoms with van der Waals surface area (Å²) in [5, 5.41) is 5.27. The highest BCUT2D eigenvalue weighted by Crippen LogP contribution is 2.30. The van der Waals surface area contributed by atoms with Crippen LogP contribution in [0.15, 0.2) is 53.4 Å². The van der Waals surface area contributed by atoms with Gasteiger partial charge in [-0.2, -0.15) is 0 Å². The number of carbonyl (C=O) groups is 1. The van der Waals surface area contributed by atoms with E-state index in [1.54, 1.807) is 18.2 Å². The van der Waals surface area contributed by atoms with Crippen LogP contribution in [0.4, 0.5) is 4.79 Å². The van der Waals surface area contributed by atoms with Crippen molar-refractivity contribution in [2.24, 2.45) is 0 Å². The van der Waals surface area contributed by atoms with Gasteiger partial charge in [-0.3, -0.25) is 0 Å². The molecule has 0 aliphatic carbocycles. The van der Waals surface area contributed by atoms with E-state index < -0.39 is 16.1 Å². The number of ether oxygens (including phenoxy) is 3. The normalized spacial score (nSPS) is 15.4. The number of fused-ring (bicyclic) bond motifs is 1. The predicted molar refractivity (Wildman–Crippen MR) is 106 cm³/mol. The average molecular weight is 421 g/mol. The molecule has 2 amide bonds. The Kier molecular flexibility index (Phi) is 6.78. The van der Waals surface area contributed by atoms with E-state index in [4.69, 9.17) is 14.2 Å². The maximum atomic E-state index is 12.2. The van der Waals surface area contributed by atoms with Crippen molar-refractivity contribution in [2.45, 2.75) is 11.0 Å². The summed E-state index contributed by atoms with van der Waals surface area (Å²) in [7, 11) is -2.15. The Morgan fingerprint density at radius 2 is 1.79 bits per heavy atom. The molecule has 0 saturated heterocycles. The number of rotatable bonds is 8. The van der Waals surface area contributed by atoms with Crippen LogP contribution >= 0.6 is 0 Å². The Morgan fingerprint density at radius 1 is 1.07 bits per heavy atom. The van der Waals surface area contributed by atoms with Crippen molar-refractivity contribution < 1.29 is 27.4 Å². The fraction of sp³-hybridized carbons (Fsp3) is 0.316. The van der Waals surface area contributed by atoms with Crippen LogP contribution in [0.25, 0.3) is 0 Å². The van der Waals surface area contributed by atoms with E-state index >= 15 is 0 Å². The van der Waals surface area contributed by atoms with Gasteiger partial charge in [0.05, 0.1) is 18.6 Å². The Hall–Kier alpha value is -2.98. The van der Waals surface area contributed by atoms with Crippen molar-refractivity contribution in [2.75, 3.05) is 33.4 Å². The predicted octanol–water partition coefficient (Wildman–Crippen LogP) is 1.11. The first-order chi connectivity index (χ1) is 14.0. The summed E-state index contributed by atoms with van der Waals surface area (Å²) in [6.07, 6.45) is -0.302. The molecule has 0 radical (unpaired) electrons. The van der Waals surface area contributed by atoms with E-state index in [-0.39, 0.29) is 30.6 Å². The number of nitrogens with one attached hydrogen (secondary N) is 3. The Balaban J connectivity index is 1.35. The highest BCUT2D eigenvalue weighted by Gasteiger charge is 2.21. The first kappa shape index (κ1) is 20.7. The molecule has 29 heavy (non-hydrogen) atoms. The third kappa shape index (κ3) is 5.75. The first-order valence-corrected chi connectivity index (χ1v) is 10.5. The van der Waals surface area contributed by atoms with Crippen molar-refractivity contribution >= 4 is 16.1 Å². The highest BCUT2D eigenvalue weighted by atomic mass is 32.2. The van der Waals surface area contributed by atoms with E-state index in [0.29, 0.717) is 23.9 Å². The van der Waals surface area contributed by atoms with Crippen LogP contribution in [-0.4, -0.2) is 53.9 Å². The maximum absolute atomic E-state index is 12.2. The number of methoxy groups -OCH3 is 1. The van der Waals surface area contributed by atoms with Gasteiger partial charge < -0.3 is 24.8 Å². The largest absolute Gasteiger partial charge is 0.497 e. The molecule has 1 aliphatic heterocycles. The zero-order chi connectivity index (χ0) is 20.7. The molecular formula is C19H23N3O6S. The molecule has 156 valence electrons. The molecule has 3 rings (SSSR count). The lowest BCUT2D eigenvalue weighted by Gasteiger charge is -2.26. The van der Waals surface area contributed by atoms with Crippen molar-refractivity contribution in [1.29, 1.82) is 0 Å². The summed E-state index contributed by atoms with van der Waals surface area (Å²) in [6, 6.07) is 12.9. The zero-order valence-corrected chi connectivity index (χ0v) is 16.7. The monoisotopic (exact) mass is 421 g/mol. The van der Waals surface area contributed by atoms with Crippen LogP contribution in [0.5, 0.6) is 17.2 Å². The van der Waals surface area contributed by atoms with Gasteiger partial charge in [0.15, 0.2) is 17.6 Å². The molecule has 9 nitrogen and oxygen atoms in total. The fourth-order valence-corrected chi connectivity index (χ4v) is 3.66. The fourth-order valence-electron chi connectivity index (χ4n) is 2.63. The zero-order valence-electron chi connectivity index (χ0n) is 15.9. The van der Waals surface area contributed by atoms with Crippen LogP contribution in [0, 0.1) is 0 Å². The Morgan fingerprint density at radius 3 is 2.52 bits per heavy atom. The molecule has 0 fully saturated rings. The van der Waals surface area contributed by atoms with Crippen LogP contribution in [0.1, 0.15) is 0 Å². The number of amides is 2. The molecule has 1 aliphatic rings. The quantitative estimate of drug-likeness (QED) is 0.550. The van der Waals surface area contributed by atoms with Gasteiger partial charge in [-0.1, -0.05) is 12.1 Å². The second-order valence-corrected chi connectivity index (χ2v) is 7.97. The summed E-state index contributed by atoms with van der Waals surface area (Å²) in [6.45, 7) is 0.779. The second kappa shape index (κ2) is 9.48. The van der Waals surface area contributed by atoms with Gasteiger partial charge in [0.25, 0.3) is 0 Å². The van der Waals surface area contributed by atoms with E-state index in [1.807, 2.05) is 18.2 Å². The SMILES string of the molecule is COc1ccc(S(=O)(=O)NCCNC(=O)NCC2COc3ccccc3O2)cc1. The van der Waals surface area contributed by atoms with E-state index in [1.165, 1.54) is 19.2 Å². The molecule has 0 spiro atoms. The molecule has 0 bridgehead atoms. The first-order valence-electron chi connectivity index (χ1n) is 9.02. The van der Waals surface area contributed by atoms with Gasteiger partial charge in [-0.05, 0) is 36.4 Å². The molecule has 0 aromatic heterocycles. The van der Waals surface area contributed by atoms with Gasteiger partial charge in [0.2, 0.25) is 10.0 Å². The third-order valence-corrected chi connectivity index (χ3v) is 5.61. The van der Waals surface area contributed by atoms with Crippen molar-refractivity contribution in [3.63, 3.8) is 0 Å². The minimum Gasteiger partial charge on any atom is -0.497 e. The minimum absolute atomic E-state index is 0.0538. The van der Waals surface area contributed by atoms with Crippen molar-refractivity contribution in [3.05, 3.63) is 48.5 Å². The second-order valence-electron chi connectivity index (χ2n) is 6.21. The van der Waals surface area contributed by atoms with Gasteiger partial charge in [-0.25, -0.2) is 17.9 Å². The lowest BCUT2D eigenvalue weighted by atomic mass is 10.2. The van der Waals surface area contributed by atoms with Gasteiger partial charge in [0.1, 0.15) is 12.4 Å². The van der Waals surface area contributed by atoms with Crippen LogP contribution in [-0.2, 0) is 10.0 Å². The van der Waals surface area contributed by atoms with E-state index in [0.717, 1.165) is 0 Å². The van der Waals surface area contributed by atoms with Crippen LogP contribution < -0.4 is 29.6 Å². The average Bonchev–Trinajstić information content (AvgIpc) is 2.75. The number of urea groups is 1. The topological polar surface area (TPSA) is 115 Å². The van der Waals surface area contributed by atoms with Gasteiger partial charge in [0, 0.05) is 13.1 Å². The molecule has 0 saturated carbocycles. The number of para-hydroxylation sites is 2. The lowest BCUT2D eigenvalue weighted by molar-refractivity contribution is 0.0918. The summed E-state index contributed by atoms with van der Waals surface area (Å²) >= 11 is 0. The molecular weight excluding hydrogens is 398 g/mol. The smallest absolute Gasteiger partial charge is 0.314 e. The molecule has 1 atom stereocenters. The number of hydrogen-bond acceptors (Lipinski definition) is 6. The number of benzene rings is 2. The van der Waals surface area contributed by atoms with Crippen molar-refractivity contribution in [1.82, 2.24) is 15.4 Å². The highest BCUT2D eigenvalue weighted by molar-refractivity contribution is 7.89.